The molecular weight excluding hydrogens is 358 g/mol. The molecule has 7 heteroatoms. The van der Waals surface area contributed by atoms with E-state index in [1.54, 1.807) is 47.1 Å². The molecule has 0 spiro atoms. The second-order valence-corrected chi connectivity index (χ2v) is 7.43. The van der Waals surface area contributed by atoms with Crippen molar-refractivity contribution in [3.05, 3.63) is 42.6 Å². The second kappa shape index (κ2) is 9.21. The minimum atomic E-state index is -0.593. The number of benzene rings is 1. The summed E-state index contributed by atoms with van der Waals surface area (Å²) in [6.07, 6.45) is 1.24. The molecule has 0 bridgehead atoms. The highest BCUT2D eigenvalue weighted by Gasteiger charge is 2.19. The SMILES string of the molecule is COc1ccc(-c2ccccn2)c(NC(=O)CC(C)NC(=O)OC(C)(C)C)c1. The van der Waals surface area contributed by atoms with Gasteiger partial charge in [-0.1, -0.05) is 6.07 Å². The van der Waals surface area contributed by atoms with Crippen LogP contribution in [0.2, 0.25) is 0 Å². The number of rotatable bonds is 6. The monoisotopic (exact) mass is 385 g/mol. The highest BCUT2D eigenvalue weighted by Crippen LogP contribution is 2.30. The normalized spacial score (nSPS) is 12.0. The summed E-state index contributed by atoms with van der Waals surface area (Å²) in [5.74, 6) is 0.379. The summed E-state index contributed by atoms with van der Waals surface area (Å²) in [5.41, 5.74) is 1.51. The maximum atomic E-state index is 12.5. The summed E-state index contributed by atoms with van der Waals surface area (Å²) in [4.78, 5) is 28.7. The number of carbonyl (C=O) groups is 2. The molecule has 28 heavy (non-hydrogen) atoms. The number of anilines is 1. The lowest BCUT2D eigenvalue weighted by Gasteiger charge is -2.22. The van der Waals surface area contributed by atoms with E-state index in [9.17, 15) is 9.59 Å². The van der Waals surface area contributed by atoms with Crippen LogP contribution in [-0.2, 0) is 9.53 Å². The summed E-state index contributed by atoms with van der Waals surface area (Å²) < 4.78 is 10.5. The van der Waals surface area contributed by atoms with Gasteiger partial charge in [-0.05, 0) is 52.0 Å². The number of alkyl carbamates (subject to hydrolysis) is 1. The van der Waals surface area contributed by atoms with Crippen LogP contribution in [-0.4, -0.2) is 35.7 Å². The summed E-state index contributed by atoms with van der Waals surface area (Å²) in [6.45, 7) is 7.10. The Kier molecular flexibility index (Phi) is 6.98. The lowest BCUT2D eigenvalue weighted by atomic mass is 10.1. The van der Waals surface area contributed by atoms with E-state index in [1.165, 1.54) is 0 Å². The zero-order chi connectivity index (χ0) is 20.7. The van der Waals surface area contributed by atoms with Gasteiger partial charge in [0.05, 0.1) is 18.5 Å². The van der Waals surface area contributed by atoms with Crippen molar-refractivity contribution in [1.82, 2.24) is 10.3 Å². The van der Waals surface area contributed by atoms with Gasteiger partial charge in [-0.15, -0.1) is 0 Å². The third-order valence-corrected chi connectivity index (χ3v) is 3.70. The van der Waals surface area contributed by atoms with Crippen molar-refractivity contribution in [1.29, 1.82) is 0 Å². The van der Waals surface area contributed by atoms with Crippen LogP contribution in [0.5, 0.6) is 5.75 Å². The highest BCUT2D eigenvalue weighted by molar-refractivity contribution is 5.95. The van der Waals surface area contributed by atoms with Crippen molar-refractivity contribution in [2.24, 2.45) is 0 Å². The number of ether oxygens (including phenoxy) is 2. The number of methoxy groups -OCH3 is 1. The van der Waals surface area contributed by atoms with Crippen molar-refractivity contribution >= 4 is 17.7 Å². The maximum absolute atomic E-state index is 12.5. The van der Waals surface area contributed by atoms with Crippen molar-refractivity contribution in [2.45, 2.75) is 45.8 Å². The summed E-state index contributed by atoms with van der Waals surface area (Å²) in [7, 11) is 1.56. The third kappa shape index (κ3) is 6.57. The van der Waals surface area contributed by atoms with Gasteiger partial charge in [0.15, 0.2) is 0 Å². The highest BCUT2D eigenvalue weighted by atomic mass is 16.6. The van der Waals surface area contributed by atoms with Crippen LogP contribution in [0.25, 0.3) is 11.3 Å². The van der Waals surface area contributed by atoms with Crippen LogP contribution in [0.3, 0.4) is 0 Å². The van der Waals surface area contributed by atoms with Crippen LogP contribution >= 0.6 is 0 Å². The van der Waals surface area contributed by atoms with Gasteiger partial charge in [0.1, 0.15) is 11.4 Å². The van der Waals surface area contributed by atoms with Gasteiger partial charge in [0.25, 0.3) is 0 Å². The predicted octanol–water partition coefficient (Wildman–Crippen LogP) is 4.00. The van der Waals surface area contributed by atoms with Crippen LogP contribution < -0.4 is 15.4 Å². The fourth-order valence-electron chi connectivity index (χ4n) is 2.54. The average molecular weight is 385 g/mol. The van der Waals surface area contributed by atoms with Crippen molar-refractivity contribution in [3.63, 3.8) is 0 Å². The number of nitrogens with one attached hydrogen (secondary N) is 2. The van der Waals surface area contributed by atoms with E-state index in [2.05, 4.69) is 15.6 Å². The zero-order valence-electron chi connectivity index (χ0n) is 16.9. The number of amides is 2. The average Bonchev–Trinajstić information content (AvgIpc) is 2.60. The van der Waals surface area contributed by atoms with Gasteiger partial charge in [-0.3, -0.25) is 9.78 Å². The van der Waals surface area contributed by atoms with E-state index in [0.717, 1.165) is 11.3 Å². The Morgan fingerprint density at radius 3 is 2.54 bits per heavy atom. The minimum Gasteiger partial charge on any atom is -0.497 e. The first-order chi connectivity index (χ1) is 13.2. The van der Waals surface area contributed by atoms with Crippen LogP contribution in [0.1, 0.15) is 34.1 Å². The van der Waals surface area contributed by atoms with E-state index in [-0.39, 0.29) is 12.3 Å². The Morgan fingerprint density at radius 1 is 1.18 bits per heavy atom. The van der Waals surface area contributed by atoms with Crippen molar-refractivity contribution in [3.8, 4) is 17.0 Å². The van der Waals surface area contributed by atoms with Gasteiger partial charge >= 0.3 is 6.09 Å². The van der Waals surface area contributed by atoms with Gasteiger partial charge < -0.3 is 20.1 Å². The smallest absolute Gasteiger partial charge is 0.407 e. The lowest BCUT2D eigenvalue weighted by molar-refractivity contribution is -0.116. The lowest BCUT2D eigenvalue weighted by Crippen LogP contribution is -2.39. The Morgan fingerprint density at radius 2 is 1.93 bits per heavy atom. The van der Waals surface area contributed by atoms with E-state index in [0.29, 0.717) is 11.4 Å². The fraction of sp³-hybridized carbons (Fsp3) is 0.381. The molecule has 0 radical (unpaired) electrons. The topological polar surface area (TPSA) is 89.5 Å². The van der Waals surface area contributed by atoms with Crippen LogP contribution in [0, 0.1) is 0 Å². The van der Waals surface area contributed by atoms with E-state index < -0.39 is 17.7 Å². The van der Waals surface area contributed by atoms with Crippen LogP contribution in [0.15, 0.2) is 42.6 Å². The largest absolute Gasteiger partial charge is 0.497 e. The Balaban J connectivity index is 2.07. The summed E-state index contributed by atoms with van der Waals surface area (Å²) in [6, 6.07) is 10.6. The molecule has 0 saturated carbocycles. The first-order valence-corrected chi connectivity index (χ1v) is 9.07. The molecule has 1 aromatic heterocycles. The quantitative estimate of drug-likeness (QED) is 0.784. The van der Waals surface area contributed by atoms with E-state index in [1.807, 2.05) is 30.3 Å². The molecule has 0 aliphatic carbocycles. The fourth-order valence-corrected chi connectivity index (χ4v) is 2.54. The number of nitrogens with zero attached hydrogens (tertiary/aromatic N) is 1. The molecule has 1 atom stereocenters. The Labute approximate surface area is 165 Å². The molecule has 0 aliphatic rings. The first-order valence-electron chi connectivity index (χ1n) is 9.07. The standard InChI is InChI=1S/C21H27N3O4/c1-14(23-20(26)28-21(2,3)4)12-19(25)24-18-13-15(27-5)9-10-16(18)17-8-6-7-11-22-17/h6-11,13-14H,12H2,1-5H3,(H,23,26)(H,24,25). The number of hydrogen-bond donors (Lipinski definition) is 2. The molecular formula is C21H27N3O4. The molecule has 2 rings (SSSR count). The minimum absolute atomic E-state index is 0.0953. The molecule has 1 heterocycles. The summed E-state index contributed by atoms with van der Waals surface area (Å²) in [5, 5.41) is 5.55. The number of hydrogen-bond acceptors (Lipinski definition) is 5. The van der Waals surface area contributed by atoms with Gasteiger partial charge in [-0.2, -0.15) is 0 Å². The predicted molar refractivity (Wildman–Crippen MR) is 108 cm³/mol. The molecule has 2 aromatic rings. The molecule has 1 aromatic carbocycles. The van der Waals surface area contributed by atoms with Crippen molar-refractivity contribution in [2.75, 3.05) is 12.4 Å². The number of aromatic nitrogens is 1. The van der Waals surface area contributed by atoms with Crippen LogP contribution in [0.4, 0.5) is 10.5 Å². The Hall–Kier alpha value is -3.09. The van der Waals surface area contributed by atoms with Crippen molar-refractivity contribution < 1.29 is 19.1 Å². The molecule has 0 saturated heterocycles. The van der Waals surface area contributed by atoms with Gasteiger partial charge in [0, 0.05) is 30.3 Å². The maximum Gasteiger partial charge on any atom is 0.407 e. The van der Waals surface area contributed by atoms with E-state index >= 15 is 0 Å². The van der Waals surface area contributed by atoms with Gasteiger partial charge in [-0.25, -0.2) is 4.79 Å². The zero-order valence-corrected chi connectivity index (χ0v) is 16.9. The summed E-state index contributed by atoms with van der Waals surface area (Å²) >= 11 is 0. The first kappa shape index (κ1) is 21.2. The second-order valence-electron chi connectivity index (χ2n) is 7.43. The number of pyridine rings is 1. The van der Waals surface area contributed by atoms with E-state index in [4.69, 9.17) is 9.47 Å². The molecule has 2 amide bonds. The molecule has 2 N–H and O–H groups in total. The molecule has 1 unspecified atom stereocenters. The number of carbonyl (C=O) groups excluding carboxylic acids is 2. The molecule has 150 valence electrons. The molecule has 7 nitrogen and oxygen atoms in total. The molecule has 0 aliphatic heterocycles. The molecule has 0 fully saturated rings. The van der Waals surface area contributed by atoms with Gasteiger partial charge in [0.2, 0.25) is 5.91 Å². The third-order valence-electron chi connectivity index (χ3n) is 3.70. The Bertz CT molecular complexity index is 816.